The lowest BCUT2D eigenvalue weighted by molar-refractivity contribution is -0.143. The van der Waals surface area contributed by atoms with Crippen molar-refractivity contribution in [1.29, 1.82) is 0 Å². The summed E-state index contributed by atoms with van der Waals surface area (Å²) >= 11 is 2.10. The highest BCUT2D eigenvalue weighted by atomic mass is 127. The molecule has 1 rings (SSSR count). The number of rotatable bonds is 6. The van der Waals surface area contributed by atoms with Crippen LogP contribution in [0.1, 0.15) is 13.8 Å². The van der Waals surface area contributed by atoms with Gasteiger partial charge in [0, 0.05) is 10.1 Å². The smallest absolute Gasteiger partial charge is 0.321 e. The van der Waals surface area contributed by atoms with Gasteiger partial charge in [-0.15, -0.1) is 0 Å². The molecule has 0 aliphatic heterocycles. The number of carbonyl (C=O) groups is 1. The van der Waals surface area contributed by atoms with E-state index in [0.717, 1.165) is 7.88 Å². The molecule has 0 aliphatic carbocycles. The first-order chi connectivity index (χ1) is 8.91. The molecule has 0 amide bonds. The number of esters is 1. The zero-order valence-electron chi connectivity index (χ0n) is 10.8. The molecule has 0 aliphatic rings. The molecule has 1 aromatic rings. The summed E-state index contributed by atoms with van der Waals surface area (Å²) in [5, 5.41) is 0. The maximum absolute atomic E-state index is 12.3. The minimum absolute atomic E-state index is 0.180. The second-order valence-electron chi connectivity index (χ2n) is 3.69. The Morgan fingerprint density at radius 2 is 1.84 bits per heavy atom. The second kappa shape index (κ2) is 7.20. The van der Waals surface area contributed by atoms with E-state index < -0.39 is 16.0 Å². The number of carbonyl (C=O) groups excluding carboxylic acids is 1. The fraction of sp³-hybridized carbons (Fsp3) is 0.417. The standard InChI is InChI=1S/C12H16INO4S/c1-3-14(9-12(15)18-4-2)19(16,17)11-7-5-10(13)6-8-11/h5-8H,3-4,9H2,1-2H3. The predicted molar refractivity (Wildman–Crippen MR) is 80.2 cm³/mol. The Hall–Kier alpha value is -0.670. The number of benzene rings is 1. The van der Waals surface area contributed by atoms with Gasteiger partial charge in [0.25, 0.3) is 0 Å². The van der Waals surface area contributed by atoms with E-state index >= 15 is 0 Å². The van der Waals surface area contributed by atoms with Crippen LogP contribution in [0.3, 0.4) is 0 Å². The van der Waals surface area contributed by atoms with Gasteiger partial charge in [-0.2, -0.15) is 4.31 Å². The van der Waals surface area contributed by atoms with Gasteiger partial charge in [-0.1, -0.05) is 6.92 Å². The van der Waals surface area contributed by atoms with Crippen molar-refractivity contribution in [3.63, 3.8) is 0 Å². The first-order valence-electron chi connectivity index (χ1n) is 5.83. The second-order valence-corrected chi connectivity index (χ2v) is 6.87. The Labute approximate surface area is 127 Å². The summed E-state index contributed by atoms with van der Waals surface area (Å²) < 4.78 is 31.5. The monoisotopic (exact) mass is 397 g/mol. The van der Waals surface area contributed by atoms with E-state index in [2.05, 4.69) is 22.6 Å². The molecule has 19 heavy (non-hydrogen) atoms. The lowest BCUT2D eigenvalue weighted by atomic mass is 10.4. The van der Waals surface area contributed by atoms with E-state index in [0.29, 0.717) is 0 Å². The third-order valence-corrected chi connectivity index (χ3v) is 5.07. The van der Waals surface area contributed by atoms with Crippen LogP contribution in [0.5, 0.6) is 0 Å². The van der Waals surface area contributed by atoms with E-state index in [1.165, 1.54) is 12.1 Å². The molecule has 0 atom stereocenters. The van der Waals surface area contributed by atoms with Crippen LogP contribution in [0.4, 0.5) is 0 Å². The fourth-order valence-electron chi connectivity index (χ4n) is 1.47. The molecule has 5 nitrogen and oxygen atoms in total. The summed E-state index contributed by atoms with van der Waals surface area (Å²) in [6.45, 7) is 3.55. The number of halogens is 1. The zero-order valence-corrected chi connectivity index (χ0v) is 13.8. The highest BCUT2D eigenvalue weighted by Crippen LogP contribution is 2.17. The van der Waals surface area contributed by atoms with Gasteiger partial charge in [-0.25, -0.2) is 8.42 Å². The number of sulfonamides is 1. The number of hydrogen-bond acceptors (Lipinski definition) is 4. The quantitative estimate of drug-likeness (QED) is 0.543. The SMILES string of the molecule is CCOC(=O)CN(CC)S(=O)(=O)c1ccc(I)cc1. The molecule has 0 bridgehead atoms. The summed E-state index contributed by atoms with van der Waals surface area (Å²) in [5.74, 6) is -0.543. The molecule has 0 spiro atoms. The summed E-state index contributed by atoms with van der Waals surface area (Å²) in [6.07, 6.45) is 0. The molecule has 106 valence electrons. The molecule has 7 heteroatoms. The van der Waals surface area contributed by atoms with E-state index in [-0.39, 0.29) is 24.6 Å². The van der Waals surface area contributed by atoms with E-state index in [1.807, 2.05) is 0 Å². The predicted octanol–water partition coefficient (Wildman–Crippen LogP) is 1.86. The Morgan fingerprint density at radius 3 is 2.32 bits per heavy atom. The van der Waals surface area contributed by atoms with Crippen LogP contribution in [-0.4, -0.2) is 38.4 Å². The van der Waals surface area contributed by atoms with Crippen molar-refractivity contribution in [1.82, 2.24) is 4.31 Å². The molecule has 0 unspecified atom stereocenters. The lowest BCUT2D eigenvalue weighted by Gasteiger charge is -2.19. The van der Waals surface area contributed by atoms with Crippen molar-refractivity contribution in [2.75, 3.05) is 19.7 Å². The Morgan fingerprint density at radius 1 is 1.26 bits per heavy atom. The topological polar surface area (TPSA) is 63.7 Å². The highest BCUT2D eigenvalue weighted by molar-refractivity contribution is 14.1. The van der Waals surface area contributed by atoms with Crippen molar-refractivity contribution in [3.8, 4) is 0 Å². The van der Waals surface area contributed by atoms with E-state index in [1.54, 1.807) is 26.0 Å². The van der Waals surface area contributed by atoms with Gasteiger partial charge in [0.05, 0.1) is 11.5 Å². The summed E-state index contributed by atoms with van der Waals surface area (Å²) in [6, 6.07) is 6.49. The van der Waals surface area contributed by atoms with Crippen molar-refractivity contribution in [2.45, 2.75) is 18.7 Å². The van der Waals surface area contributed by atoms with E-state index in [9.17, 15) is 13.2 Å². The third kappa shape index (κ3) is 4.43. The molecule has 0 N–H and O–H groups in total. The van der Waals surface area contributed by atoms with Crippen LogP contribution in [0.2, 0.25) is 0 Å². The van der Waals surface area contributed by atoms with Crippen LogP contribution in [0.25, 0.3) is 0 Å². The van der Waals surface area contributed by atoms with E-state index in [4.69, 9.17) is 4.74 Å². The first-order valence-corrected chi connectivity index (χ1v) is 8.35. The summed E-state index contributed by atoms with van der Waals surface area (Å²) in [7, 11) is -3.65. The first kappa shape index (κ1) is 16.4. The third-order valence-electron chi connectivity index (χ3n) is 2.41. The van der Waals surface area contributed by atoms with Gasteiger partial charge in [0.15, 0.2) is 0 Å². The molecular formula is C12H16INO4S. The molecule has 0 saturated carbocycles. The largest absolute Gasteiger partial charge is 0.465 e. The molecule has 1 aromatic carbocycles. The number of ether oxygens (including phenoxy) is 1. The number of likely N-dealkylation sites (N-methyl/N-ethyl adjacent to an activating group) is 1. The maximum Gasteiger partial charge on any atom is 0.321 e. The zero-order chi connectivity index (χ0) is 14.5. The molecule has 0 heterocycles. The van der Waals surface area contributed by atoms with Crippen molar-refractivity contribution >= 4 is 38.6 Å². The summed E-state index contributed by atoms with van der Waals surface area (Å²) in [4.78, 5) is 11.6. The van der Waals surface area contributed by atoms with Gasteiger partial charge in [-0.05, 0) is 53.8 Å². The minimum atomic E-state index is -3.65. The van der Waals surface area contributed by atoms with Crippen LogP contribution in [-0.2, 0) is 19.6 Å². The van der Waals surface area contributed by atoms with Gasteiger partial charge in [0.1, 0.15) is 6.54 Å². The Balaban J connectivity index is 2.95. The van der Waals surface area contributed by atoms with Gasteiger partial charge in [0.2, 0.25) is 10.0 Å². The van der Waals surface area contributed by atoms with Crippen molar-refractivity contribution < 1.29 is 17.9 Å². The van der Waals surface area contributed by atoms with Crippen LogP contribution in [0.15, 0.2) is 29.2 Å². The van der Waals surface area contributed by atoms with Crippen LogP contribution < -0.4 is 0 Å². The van der Waals surface area contributed by atoms with Crippen molar-refractivity contribution in [3.05, 3.63) is 27.8 Å². The average molecular weight is 397 g/mol. The number of nitrogens with zero attached hydrogens (tertiary/aromatic N) is 1. The molecular weight excluding hydrogens is 381 g/mol. The highest BCUT2D eigenvalue weighted by Gasteiger charge is 2.25. The average Bonchev–Trinajstić information content (AvgIpc) is 2.36. The molecule has 0 saturated heterocycles. The minimum Gasteiger partial charge on any atom is -0.465 e. The lowest BCUT2D eigenvalue weighted by Crippen LogP contribution is -2.36. The van der Waals surface area contributed by atoms with Crippen LogP contribution >= 0.6 is 22.6 Å². The normalized spacial score (nSPS) is 11.6. The van der Waals surface area contributed by atoms with Gasteiger partial charge >= 0.3 is 5.97 Å². The number of hydrogen-bond donors (Lipinski definition) is 0. The van der Waals surface area contributed by atoms with Crippen molar-refractivity contribution in [2.24, 2.45) is 0 Å². The van der Waals surface area contributed by atoms with Gasteiger partial charge < -0.3 is 4.74 Å². The maximum atomic E-state index is 12.3. The van der Waals surface area contributed by atoms with Crippen LogP contribution in [0, 0.1) is 3.57 Å². The molecule has 0 radical (unpaired) electrons. The Bertz CT molecular complexity index is 527. The Kier molecular flexibility index (Phi) is 6.21. The summed E-state index contributed by atoms with van der Waals surface area (Å²) in [5.41, 5.74) is 0. The van der Waals surface area contributed by atoms with Gasteiger partial charge in [-0.3, -0.25) is 4.79 Å². The fourth-order valence-corrected chi connectivity index (χ4v) is 3.23. The molecule has 0 aromatic heterocycles. The molecule has 0 fully saturated rings.